The molecule has 0 heterocycles. The second-order valence-electron chi connectivity index (χ2n) is 8.94. The predicted octanol–water partition coefficient (Wildman–Crippen LogP) is 7.69. The van der Waals surface area contributed by atoms with Gasteiger partial charge in [-0.05, 0) is 87.2 Å². The molecule has 0 atom stereocenters. The Morgan fingerprint density at radius 2 is 0.971 bits per heavy atom. The monoisotopic (exact) mass is 480 g/mol. The van der Waals surface area contributed by atoms with Gasteiger partial charge in [-0.3, -0.25) is 6.32 Å². The van der Waals surface area contributed by atoms with E-state index in [0.717, 1.165) is 0 Å². The van der Waals surface area contributed by atoms with Crippen LogP contribution >= 0.6 is 0 Å². The molecule has 0 aromatic heterocycles. The molecular formula is C30H38BF3N. The van der Waals surface area contributed by atoms with Crippen LogP contribution in [0.15, 0.2) is 72.8 Å². The van der Waals surface area contributed by atoms with E-state index >= 15 is 0 Å². The Bertz CT molecular complexity index is 921. The molecule has 0 aliphatic heterocycles. The van der Waals surface area contributed by atoms with E-state index in [9.17, 15) is 13.2 Å². The first-order valence-corrected chi connectivity index (χ1v) is 12.6. The molecule has 0 saturated heterocycles. The molecule has 0 amide bonds. The third-order valence-corrected chi connectivity index (χ3v) is 7.39. The molecule has 3 radical (unpaired) electrons. The molecule has 187 valence electrons. The molecule has 0 spiro atoms. The highest BCUT2D eigenvalue weighted by Crippen LogP contribution is 2.44. The van der Waals surface area contributed by atoms with E-state index in [0.29, 0.717) is 35.9 Å². The molecule has 0 fully saturated rings. The van der Waals surface area contributed by atoms with Gasteiger partial charge in [-0.15, -0.1) is 0 Å². The number of benzene rings is 3. The van der Waals surface area contributed by atoms with Crippen molar-refractivity contribution in [3.05, 3.63) is 107 Å². The van der Waals surface area contributed by atoms with Crippen molar-refractivity contribution < 1.29 is 17.7 Å². The lowest BCUT2D eigenvalue weighted by molar-refractivity contribution is -0.921. The third-order valence-electron chi connectivity index (χ3n) is 7.39. The smallest absolute Gasteiger partial charge is 0.123 e. The molecule has 0 saturated carbocycles. The Hall–Kier alpha value is -2.53. The van der Waals surface area contributed by atoms with Crippen LogP contribution in [0.2, 0.25) is 6.32 Å². The van der Waals surface area contributed by atoms with Gasteiger partial charge < -0.3 is 12.3 Å². The second kappa shape index (κ2) is 13.5. The lowest BCUT2D eigenvalue weighted by Gasteiger charge is -2.37. The summed E-state index contributed by atoms with van der Waals surface area (Å²) in [4.78, 5) is 0. The van der Waals surface area contributed by atoms with E-state index in [1.54, 1.807) is 36.4 Å². The molecular weight excluding hydrogens is 442 g/mol. The van der Waals surface area contributed by atoms with E-state index in [2.05, 4.69) is 27.7 Å². The number of halogens is 3. The van der Waals surface area contributed by atoms with E-state index in [1.807, 2.05) is 0 Å². The minimum Gasteiger partial charge on any atom is -0.626 e. The van der Waals surface area contributed by atoms with Crippen LogP contribution in [0.25, 0.3) is 0 Å². The Morgan fingerprint density at radius 3 is 1.20 bits per heavy atom. The summed E-state index contributed by atoms with van der Waals surface area (Å²) in [5.74, 6) is -1.19. The fourth-order valence-corrected chi connectivity index (χ4v) is 4.90. The highest BCUT2D eigenvalue weighted by atomic mass is 19.1. The van der Waals surface area contributed by atoms with Crippen LogP contribution < -0.4 is 0 Å². The average molecular weight is 480 g/mol. The van der Waals surface area contributed by atoms with E-state index in [-0.39, 0.29) is 0 Å². The maximum atomic E-state index is 14.0. The van der Waals surface area contributed by atoms with Crippen LogP contribution in [0.4, 0.5) is 13.2 Å². The Labute approximate surface area is 211 Å². The molecule has 3 aromatic carbocycles. The maximum absolute atomic E-state index is 14.0. The van der Waals surface area contributed by atoms with E-state index in [4.69, 9.17) is 7.85 Å². The Balaban J connectivity index is 0.000000410. The summed E-state index contributed by atoms with van der Waals surface area (Å²) in [5, 5.41) is 0. The van der Waals surface area contributed by atoms with Gasteiger partial charge in [0.2, 0.25) is 0 Å². The fourth-order valence-electron chi connectivity index (χ4n) is 4.90. The molecule has 3 rings (SSSR count). The zero-order chi connectivity index (χ0) is 25.9. The number of rotatable bonds is 10. The molecule has 0 N–H and O–H groups in total. The predicted molar refractivity (Wildman–Crippen MR) is 141 cm³/mol. The summed E-state index contributed by atoms with van der Waals surface area (Å²) in [5.41, 5.74) is 1.03. The number of hydrogen-bond donors (Lipinski definition) is 0. The molecule has 0 aliphatic carbocycles. The van der Waals surface area contributed by atoms with Crippen molar-refractivity contribution >= 4 is 7.85 Å². The minimum atomic E-state index is -0.897. The summed E-state index contributed by atoms with van der Waals surface area (Å²) in [6.07, 6.45) is 1.53. The fraction of sp³-hybridized carbons (Fsp3) is 0.400. The van der Waals surface area contributed by atoms with Gasteiger partial charge in [-0.25, -0.2) is 13.2 Å². The topological polar surface area (TPSA) is 0 Å². The van der Waals surface area contributed by atoms with Crippen molar-refractivity contribution in [2.45, 2.75) is 52.3 Å². The molecule has 0 unspecified atom stereocenters. The highest BCUT2D eigenvalue weighted by Gasteiger charge is 2.36. The number of nitrogens with zero attached hydrogens (tertiary/aromatic N) is 1. The van der Waals surface area contributed by atoms with Crippen LogP contribution in [-0.2, 0) is 5.41 Å². The number of quaternary nitrogens is 1. The highest BCUT2D eigenvalue weighted by molar-refractivity contribution is 6.08. The van der Waals surface area contributed by atoms with Gasteiger partial charge in [0, 0.05) is 5.41 Å². The van der Waals surface area contributed by atoms with Gasteiger partial charge in [-0.1, -0.05) is 42.8 Å². The summed E-state index contributed by atoms with van der Waals surface area (Å²) in [7, 11) is 5.74. The van der Waals surface area contributed by atoms with Gasteiger partial charge >= 0.3 is 0 Å². The lowest BCUT2D eigenvalue weighted by Crippen LogP contribution is -2.47. The van der Waals surface area contributed by atoms with Crippen LogP contribution in [0.3, 0.4) is 0 Å². The normalized spacial score (nSPS) is 11.7. The maximum Gasteiger partial charge on any atom is 0.123 e. The van der Waals surface area contributed by atoms with Crippen molar-refractivity contribution in [2.75, 3.05) is 26.2 Å². The van der Waals surface area contributed by atoms with Crippen LogP contribution in [-0.4, -0.2) is 38.5 Å². The first-order chi connectivity index (χ1) is 16.8. The second-order valence-corrected chi connectivity index (χ2v) is 8.94. The summed E-state index contributed by atoms with van der Waals surface area (Å²) < 4.78 is 43.4. The van der Waals surface area contributed by atoms with E-state index in [1.165, 1.54) is 67.1 Å². The minimum absolute atomic E-state index is 0.396. The van der Waals surface area contributed by atoms with Crippen molar-refractivity contribution in [3.63, 3.8) is 0 Å². The van der Waals surface area contributed by atoms with Gasteiger partial charge in [0.25, 0.3) is 0 Å². The third kappa shape index (κ3) is 7.01. The standard InChI is InChI=1S/C22H18BF3.C8H20N/c23-12-4-11-22(16-5-1-8-19(24)13-16,17-6-2-9-20(25)14-17)18-7-3-10-21(26)15-18;1-5-9(6-2,7-3)8-4/h1-3,5-10,13-15H,4,11-12H2;5-8H2,1-4H3/q-1;+1. The molecule has 5 heteroatoms. The van der Waals surface area contributed by atoms with Crippen molar-refractivity contribution in [1.29, 1.82) is 0 Å². The first-order valence-electron chi connectivity index (χ1n) is 12.6. The average Bonchev–Trinajstić information content (AvgIpc) is 2.87. The van der Waals surface area contributed by atoms with Gasteiger partial charge in [0.1, 0.15) is 17.5 Å². The van der Waals surface area contributed by atoms with Crippen LogP contribution in [0.5, 0.6) is 0 Å². The lowest BCUT2D eigenvalue weighted by atomic mass is 9.66. The molecule has 0 aliphatic rings. The largest absolute Gasteiger partial charge is 0.626 e. The first kappa shape index (κ1) is 28.7. The SMILES string of the molecule is CC[N+](CC)(CC)CC.[B-]CCCC(c1cccc(F)c1)(c1cccc(F)c1)c1cccc(F)c1. The molecule has 1 nitrogen and oxygen atoms in total. The quantitative estimate of drug-likeness (QED) is 0.159. The summed E-state index contributed by atoms with van der Waals surface area (Å²) in [6, 6.07) is 18.5. The van der Waals surface area contributed by atoms with Crippen LogP contribution in [0.1, 0.15) is 57.2 Å². The van der Waals surface area contributed by atoms with Gasteiger partial charge in [0.15, 0.2) is 0 Å². The van der Waals surface area contributed by atoms with Crippen molar-refractivity contribution in [3.8, 4) is 0 Å². The number of hydrogen-bond acceptors (Lipinski definition) is 0. The molecule has 35 heavy (non-hydrogen) atoms. The van der Waals surface area contributed by atoms with Gasteiger partial charge in [-0.2, -0.15) is 0 Å². The summed E-state index contributed by atoms with van der Waals surface area (Å²) >= 11 is 0. The van der Waals surface area contributed by atoms with Crippen LogP contribution in [0, 0.1) is 17.5 Å². The Kier molecular flexibility index (Phi) is 11.1. The summed E-state index contributed by atoms with van der Waals surface area (Å²) in [6.45, 7) is 14.2. The zero-order valence-corrected chi connectivity index (χ0v) is 21.5. The van der Waals surface area contributed by atoms with Gasteiger partial charge in [0.05, 0.1) is 26.2 Å². The van der Waals surface area contributed by atoms with E-state index < -0.39 is 22.9 Å². The molecule has 3 aromatic rings. The van der Waals surface area contributed by atoms with Crippen molar-refractivity contribution in [1.82, 2.24) is 0 Å². The van der Waals surface area contributed by atoms with Crippen molar-refractivity contribution in [2.24, 2.45) is 0 Å². The molecule has 0 bridgehead atoms. The Morgan fingerprint density at radius 1 is 0.629 bits per heavy atom. The zero-order valence-electron chi connectivity index (χ0n) is 21.5.